The van der Waals surface area contributed by atoms with Gasteiger partial charge in [0.2, 0.25) is 5.58 Å². The van der Waals surface area contributed by atoms with Crippen molar-refractivity contribution >= 4 is 17.1 Å². The quantitative estimate of drug-likeness (QED) is 0.403. The van der Waals surface area contributed by atoms with Gasteiger partial charge in [-0.2, -0.15) is 0 Å². The van der Waals surface area contributed by atoms with Crippen LogP contribution in [0.4, 0.5) is 0 Å². The zero-order valence-corrected chi connectivity index (χ0v) is 20.3. The number of nitrogens with zero attached hydrogens (tertiary/aromatic N) is 3. The molecule has 3 heterocycles. The fraction of sp³-hybridized carbons (Fsp3) is 0.360. The molecule has 0 saturated carbocycles. The number of para-hydroxylation sites is 1. The van der Waals surface area contributed by atoms with Gasteiger partial charge < -0.3 is 23.8 Å². The molecule has 10 nitrogen and oxygen atoms in total. The number of carbonyl (C=O) groups is 1. The Hall–Kier alpha value is -3.92. The van der Waals surface area contributed by atoms with E-state index in [2.05, 4.69) is 9.97 Å². The SMILES string of the molecule is CC(C)O.COc1ccccc1CCc1cn(C(C)(C)C(=O)O)c(=O)c2oc(-c3ncco3)nc12. The van der Waals surface area contributed by atoms with Gasteiger partial charge in [-0.15, -0.1) is 0 Å². The number of carboxylic acids is 1. The van der Waals surface area contributed by atoms with E-state index in [-0.39, 0.29) is 23.5 Å². The molecule has 4 rings (SSSR count). The maximum Gasteiger partial charge on any atom is 0.329 e. The number of carboxylic acid groups (broad SMARTS) is 1. The summed E-state index contributed by atoms with van der Waals surface area (Å²) in [4.78, 5) is 33.4. The number of fused-ring (bicyclic) bond motifs is 1. The second-order valence-corrected chi connectivity index (χ2v) is 8.63. The molecular formula is C25H29N3O7. The van der Waals surface area contributed by atoms with E-state index in [0.29, 0.717) is 23.9 Å². The maximum atomic E-state index is 13.1. The first-order valence-corrected chi connectivity index (χ1v) is 11.0. The first-order chi connectivity index (χ1) is 16.6. The number of aliphatic hydroxyl groups is 1. The molecule has 0 atom stereocenters. The minimum Gasteiger partial charge on any atom is -0.496 e. The number of oxazole rings is 2. The number of rotatable bonds is 7. The molecule has 0 bridgehead atoms. The fourth-order valence-corrected chi connectivity index (χ4v) is 3.37. The van der Waals surface area contributed by atoms with Gasteiger partial charge in [-0.05, 0) is 57.7 Å². The van der Waals surface area contributed by atoms with Crippen LogP contribution < -0.4 is 10.3 Å². The lowest BCUT2D eigenvalue weighted by atomic mass is 10.0. The van der Waals surface area contributed by atoms with Crippen molar-refractivity contribution in [2.24, 2.45) is 0 Å². The molecule has 4 aromatic rings. The molecule has 0 aliphatic heterocycles. The van der Waals surface area contributed by atoms with Crippen molar-refractivity contribution in [1.82, 2.24) is 14.5 Å². The summed E-state index contributed by atoms with van der Waals surface area (Å²) in [6.07, 6.45) is 5.25. The summed E-state index contributed by atoms with van der Waals surface area (Å²) in [5.41, 5.74) is -0.124. The van der Waals surface area contributed by atoms with Gasteiger partial charge in [-0.1, -0.05) is 18.2 Å². The number of hydrogen-bond donors (Lipinski definition) is 2. The molecular weight excluding hydrogens is 454 g/mol. The zero-order valence-electron chi connectivity index (χ0n) is 20.3. The molecule has 0 radical (unpaired) electrons. The summed E-state index contributed by atoms with van der Waals surface area (Å²) in [5.74, 6) is -0.201. The monoisotopic (exact) mass is 483 g/mol. The third kappa shape index (κ3) is 5.60. The number of aryl methyl sites for hydroxylation is 2. The second-order valence-electron chi connectivity index (χ2n) is 8.63. The Labute approximate surface area is 201 Å². The Balaban J connectivity index is 0.000000795. The number of aliphatic carboxylic acids is 1. The Morgan fingerprint density at radius 2 is 1.83 bits per heavy atom. The first-order valence-electron chi connectivity index (χ1n) is 11.0. The Kier molecular flexibility index (Phi) is 7.75. The largest absolute Gasteiger partial charge is 0.496 e. The van der Waals surface area contributed by atoms with Gasteiger partial charge in [0.25, 0.3) is 17.3 Å². The molecule has 0 amide bonds. The minimum atomic E-state index is -1.49. The predicted molar refractivity (Wildman–Crippen MR) is 128 cm³/mol. The van der Waals surface area contributed by atoms with Crippen LogP contribution in [0, 0.1) is 0 Å². The molecule has 0 aliphatic rings. The molecule has 186 valence electrons. The van der Waals surface area contributed by atoms with E-state index in [0.717, 1.165) is 11.3 Å². The van der Waals surface area contributed by atoms with Crippen LogP contribution in [0.3, 0.4) is 0 Å². The number of hydrogen-bond acceptors (Lipinski definition) is 8. The van der Waals surface area contributed by atoms with Gasteiger partial charge in [0, 0.05) is 12.3 Å². The van der Waals surface area contributed by atoms with E-state index in [4.69, 9.17) is 18.7 Å². The van der Waals surface area contributed by atoms with Crippen LogP contribution in [0.25, 0.3) is 22.9 Å². The van der Waals surface area contributed by atoms with Crippen LogP contribution in [0.2, 0.25) is 0 Å². The summed E-state index contributed by atoms with van der Waals surface area (Å²) in [5, 5.41) is 17.7. The van der Waals surface area contributed by atoms with Gasteiger partial charge in [0.15, 0.2) is 0 Å². The lowest BCUT2D eigenvalue weighted by Gasteiger charge is -2.23. The van der Waals surface area contributed by atoms with Gasteiger partial charge in [-0.25, -0.2) is 14.8 Å². The second kappa shape index (κ2) is 10.6. The highest BCUT2D eigenvalue weighted by Crippen LogP contribution is 2.27. The van der Waals surface area contributed by atoms with Crippen LogP contribution in [0.5, 0.6) is 5.75 Å². The molecule has 0 spiro atoms. The highest BCUT2D eigenvalue weighted by Gasteiger charge is 2.33. The summed E-state index contributed by atoms with van der Waals surface area (Å²) in [7, 11) is 1.60. The van der Waals surface area contributed by atoms with E-state index in [9.17, 15) is 14.7 Å². The Morgan fingerprint density at radius 1 is 1.17 bits per heavy atom. The van der Waals surface area contributed by atoms with Crippen LogP contribution in [-0.4, -0.2) is 43.9 Å². The van der Waals surface area contributed by atoms with E-state index in [1.165, 1.54) is 37.1 Å². The van der Waals surface area contributed by atoms with Crippen LogP contribution >= 0.6 is 0 Å². The lowest BCUT2D eigenvalue weighted by molar-refractivity contribution is -0.145. The van der Waals surface area contributed by atoms with Gasteiger partial charge in [0.1, 0.15) is 23.1 Å². The normalized spacial score (nSPS) is 11.4. The van der Waals surface area contributed by atoms with Crippen molar-refractivity contribution in [3.63, 3.8) is 0 Å². The third-order valence-electron chi connectivity index (χ3n) is 5.23. The number of ether oxygens (including phenoxy) is 1. The molecule has 0 saturated heterocycles. The summed E-state index contributed by atoms with van der Waals surface area (Å²) in [6, 6.07) is 7.62. The van der Waals surface area contributed by atoms with Crippen LogP contribution in [0.15, 0.2) is 56.6 Å². The van der Waals surface area contributed by atoms with Crippen LogP contribution in [0.1, 0.15) is 38.8 Å². The fourth-order valence-electron chi connectivity index (χ4n) is 3.37. The van der Waals surface area contributed by atoms with E-state index >= 15 is 0 Å². The lowest BCUT2D eigenvalue weighted by Crippen LogP contribution is -2.42. The van der Waals surface area contributed by atoms with Crippen molar-refractivity contribution in [3.8, 4) is 17.5 Å². The number of pyridine rings is 1. The minimum absolute atomic E-state index is 0.0416. The molecule has 10 heteroatoms. The number of aromatic nitrogens is 3. The molecule has 3 aromatic heterocycles. The highest BCUT2D eigenvalue weighted by molar-refractivity contribution is 5.80. The highest BCUT2D eigenvalue weighted by atomic mass is 16.5. The topological polar surface area (TPSA) is 141 Å². The molecule has 0 unspecified atom stereocenters. The predicted octanol–water partition coefficient (Wildman–Crippen LogP) is 3.65. The summed E-state index contributed by atoms with van der Waals surface area (Å²) < 4.78 is 17.5. The van der Waals surface area contributed by atoms with E-state index in [1.807, 2.05) is 24.3 Å². The molecule has 35 heavy (non-hydrogen) atoms. The summed E-state index contributed by atoms with van der Waals surface area (Å²) >= 11 is 0. The first kappa shape index (κ1) is 25.7. The smallest absolute Gasteiger partial charge is 0.329 e. The zero-order chi connectivity index (χ0) is 25.8. The van der Waals surface area contributed by atoms with Crippen molar-refractivity contribution in [2.75, 3.05) is 7.11 Å². The van der Waals surface area contributed by atoms with Crippen molar-refractivity contribution in [2.45, 2.75) is 52.2 Å². The summed E-state index contributed by atoms with van der Waals surface area (Å²) in [6.45, 7) is 6.36. The molecule has 1 aromatic carbocycles. The van der Waals surface area contributed by atoms with Gasteiger partial charge in [-0.3, -0.25) is 9.36 Å². The standard InChI is InChI=1S/C22H21N3O6.C3H8O/c1-22(2,21(27)28)25-12-14(9-8-13-6-4-5-7-15(13)29-3)16-17(20(25)26)31-19(24-16)18-23-10-11-30-18;1-3(2)4/h4-7,10-12H,8-9H2,1-3H3,(H,27,28);3-4H,1-2H3. The Morgan fingerprint density at radius 3 is 2.43 bits per heavy atom. The number of benzene rings is 1. The van der Waals surface area contributed by atoms with Gasteiger partial charge >= 0.3 is 5.97 Å². The van der Waals surface area contributed by atoms with Gasteiger partial charge in [0.05, 0.1) is 13.3 Å². The van der Waals surface area contributed by atoms with Crippen LogP contribution in [-0.2, 0) is 23.2 Å². The average molecular weight is 484 g/mol. The molecule has 0 fully saturated rings. The van der Waals surface area contributed by atoms with E-state index in [1.54, 1.807) is 21.0 Å². The van der Waals surface area contributed by atoms with Crippen molar-refractivity contribution in [3.05, 3.63) is 64.4 Å². The molecule has 0 aliphatic carbocycles. The van der Waals surface area contributed by atoms with E-state index < -0.39 is 17.1 Å². The van der Waals surface area contributed by atoms with Crippen molar-refractivity contribution in [1.29, 1.82) is 0 Å². The van der Waals surface area contributed by atoms with Crippen molar-refractivity contribution < 1.29 is 28.6 Å². The number of methoxy groups -OCH3 is 1. The third-order valence-corrected chi connectivity index (χ3v) is 5.23. The Bertz CT molecular complexity index is 1350. The average Bonchev–Trinajstić information content (AvgIpc) is 3.48. The maximum absolute atomic E-state index is 13.1. The number of aliphatic hydroxyl groups excluding tert-OH is 1. The molecule has 2 N–H and O–H groups in total.